The molecule has 102 valence electrons. The molecule has 1 aromatic carbocycles. The summed E-state index contributed by atoms with van der Waals surface area (Å²) in [4.78, 5) is 22.7. The lowest BCUT2D eigenvalue weighted by Gasteiger charge is -2.09. The van der Waals surface area contributed by atoms with E-state index in [4.69, 9.17) is 9.47 Å². The molecular formula is C14H16O5. The molecule has 0 aliphatic rings. The first-order chi connectivity index (χ1) is 9.12. The number of ether oxygens (including phenoxy) is 3. The molecule has 0 unspecified atom stereocenters. The van der Waals surface area contributed by atoms with Gasteiger partial charge in [-0.05, 0) is 31.2 Å². The molecule has 0 fully saturated rings. The predicted molar refractivity (Wildman–Crippen MR) is 69.6 cm³/mol. The lowest BCUT2D eigenvalue weighted by molar-refractivity contribution is -0.134. The summed E-state index contributed by atoms with van der Waals surface area (Å²) in [6, 6.07) is 4.83. The van der Waals surface area contributed by atoms with Crippen LogP contribution in [0, 0.1) is 0 Å². The van der Waals surface area contributed by atoms with Crippen LogP contribution in [-0.4, -0.2) is 32.6 Å². The summed E-state index contributed by atoms with van der Waals surface area (Å²) in [5.74, 6) is 0.149. The number of allylic oxidation sites excluding steroid dienone is 1. The molecule has 1 aromatic rings. The van der Waals surface area contributed by atoms with Gasteiger partial charge in [-0.25, -0.2) is 4.79 Å². The number of methoxy groups -OCH3 is 2. The van der Waals surface area contributed by atoms with Crippen molar-refractivity contribution in [1.29, 1.82) is 0 Å². The topological polar surface area (TPSA) is 61.8 Å². The van der Waals surface area contributed by atoms with Crippen LogP contribution in [0.15, 0.2) is 30.4 Å². The molecule has 0 atom stereocenters. The molecule has 0 aliphatic carbocycles. The van der Waals surface area contributed by atoms with E-state index in [1.165, 1.54) is 14.2 Å². The second kappa shape index (κ2) is 7.20. The van der Waals surface area contributed by atoms with Crippen LogP contribution in [0.1, 0.15) is 17.3 Å². The highest BCUT2D eigenvalue weighted by atomic mass is 16.5. The Kier molecular flexibility index (Phi) is 5.60. The van der Waals surface area contributed by atoms with E-state index in [0.717, 1.165) is 12.2 Å². The zero-order valence-electron chi connectivity index (χ0n) is 11.1. The highest BCUT2D eigenvalue weighted by molar-refractivity contribution is 6.07. The van der Waals surface area contributed by atoms with E-state index in [1.807, 2.05) is 6.92 Å². The molecule has 5 nitrogen and oxygen atoms in total. The summed E-state index contributed by atoms with van der Waals surface area (Å²) in [7, 11) is 2.74. The molecule has 1 rings (SSSR count). The van der Waals surface area contributed by atoms with Crippen LogP contribution in [0.4, 0.5) is 0 Å². The third kappa shape index (κ3) is 4.13. The van der Waals surface area contributed by atoms with Crippen LogP contribution >= 0.6 is 0 Å². The number of esters is 1. The largest absolute Gasteiger partial charge is 0.493 e. The van der Waals surface area contributed by atoms with Gasteiger partial charge >= 0.3 is 5.97 Å². The second-order valence-electron chi connectivity index (χ2n) is 3.52. The Morgan fingerprint density at radius 3 is 2.47 bits per heavy atom. The number of carbonyl (C=O) groups excluding carboxylic acids is 2. The minimum Gasteiger partial charge on any atom is -0.493 e. The lowest BCUT2D eigenvalue weighted by Crippen LogP contribution is -2.01. The van der Waals surface area contributed by atoms with E-state index in [-0.39, 0.29) is 5.78 Å². The van der Waals surface area contributed by atoms with Gasteiger partial charge in [-0.3, -0.25) is 4.79 Å². The maximum Gasteiger partial charge on any atom is 0.330 e. The van der Waals surface area contributed by atoms with Gasteiger partial charge in [-0.2, -0.15) is 0 Å². The van der Waals surface area contributed by atoms with Gasteiger partial charge in [-0.15, -0.1) is 0 Å². The molecule has 0 spiro atoms. The van der Waals surface area contributed by atoms with E-state index in [0.29, 0.717) is 23.7 Å². The fourth-order valence-corrected chi connectivity index (χ4v) is 1.40. The van der Waals surface area contributed by atoms with E-state index in [2.05, 4.69) is 4.74 Å². The number of hydrogen-bond acceptors (Lipinski definition) is 5. The summed E-state index contributed by atoms with van der Waals surface area (Å²) in [6.45, 7) is 2.36. The first-order valence-corrected chi connectivity index (χ1v) is 5.73. The van der Waals surface area contributed by atoms with Gasteiger partial charge in [-0.1, -0.05) is 0 Å². The molecule has 0 aromatic heterocycles. The predicted octanol–water partition coefficient (Wildman–Crippen LogP) is 2.01. The van der Waals surface area contributed by atoms with E-state index >= 15 is 0 Å². The monoisotopic (exact) mass is 264 g/mol. The van der Waals surface area contributed by atoms with Gasteiger partial charge in [0.05, 0.1) is 20.8 Å². The zero-order chi connectivity index (χ0) is 14.3. The summed E-state index contributed by atoms with van der Waals surface area (Å²) in [5.41, 5.74) is 0.403. The number of rotatable bonds is 6. The Morgan fingerprint density at radius 2 is 1.89 bits per heavy atom. The van der Waals surface area contributed by atoms with Crippen molar-refractivity contribution in [2.75, 3.05) is 20.8 Å². The van der Waals surface area contributed by atoms with Gasteiger partial charge in [0.25, 0.3) is 0 Å². The molecule has 0 amide bonds. The average Bonchev–Trinajstić information content (AvgIpc) is 2.44. The van der Waals surface area contributed by atoms with Gasteiger partial charge in [0, 0.05) is 11.6 Å². The number of ketones is 1. The molecule has 0 aliphatic heterocycles. The zero-order valence-corrected chi connectivity index (χ0v) is 11.1. The number of benzene rings is 1. The van der Waals surface area contributed by atoms with Crippen LogP contribution in [0.5, 0.6) is 11.5 Å². The minimum atomic E-state index is -0.578. The first-order valence-electron chi connectivity index (χ1n) is 5.73. The van der Waals surface area contributed by atoms with Crippen LogP contribution in [0.3, 0.4) is 0 Å². The van der Waals surface area contributed by atoms with Gasteiger partial charge < -0.3 is 14.2 Å². The Labute approximate surface area is 111 Å². The SMILES string of the molecule is CCOc1ccc(C(=O)/C=C/C(=O)OC)cc1OC. The third-order valence-corrected chi connectivity index (χ3v) is 2.32. The highest BCUT2D eigenvalue weighted by Gasteiger charge is 2.09. The number of carbonyl (C=O) groups is 2. The molecular weight excluding hydrogens is 248 g/mol. The Balaban J connectivity index is 2.92. The van der Waals surface area contributed by atoms with Crippen molar-refractivity contribution in [1.82, 2.24) is 0 Å². The van der Waals surface area contributed by atoms with Gasteiger partial charge in [0.2, 0.25) is 0 Å². The van der Waals surface area contributed by atoms with Crippen LogP contribution in [-0.2, 0) is 9.53 Å². The average molecular weight is 264 g/mol. The van der Waals surface area contributed by atoms with Crippen molar-refractivity contribution in [3.05, 3.63) is 35.9 Å². The molecule has 0 radical (unpaired) electrons. The smallest absolute Gasteiger partial charge is 0.330 e. The molecule has 0 bridgehead atoms. The van der Waals surface area contributed by atoms with Crippen molar-refractivity contribution >= 4 is 11.8 Å². The second-order valence-corrected chi connectivity index (χ2v) is 3.52. The van der Waals surface area contributed by atoms with Gasteiger partial charge in [0.15, 0.2) is 17.3 Å². The van der Waals surface area contributed by atoms with Crippen molar-refractivity contribution in [3.8, 4) is 11.5 Å². The first kappa shape index (κ1) is 14.8. The highest BCUT2D eigenvalue weighted by Crippen LogP contribution is 2.28. The van der Waals surface area contributed by atoms with E-state index in [9.17, 15) is 9.59 Å². The van der Waals surface area contributed by atoms with Crippen LogP contribution in [0.2, 0.25) is 0 Å². The molecule has 0 saturated carbocycles. The van der Waals surface area contributed by atoms with E-state index < -0.39 is 5.97 Å². The summed E-state index contributed by atoms with van der Waals surface area (Å²) >= 11 is 0. The molecule has 5 heteroatoms. The summed E-state index contributed by atoms with van der Waals surface area (Å²) in [5, 5.41) is 0. The standard InChI is InChI=1S/C14H16O5/c1-4-19-12-7-5-10(9-13(12)17-2)11(15)6-8-14(16)18-3/h5-9H,4H2,1-3H3/b8-6+. The van der Waals surface area contributed by atoms with Crippen molar-refractivity contribution in [3.63, 3.8) is 0 Å². The summed E-state index contributed by atoms with van der Waals surface area (Å²) < 4.78 is 14.9. The number of hydrogen-bond donors (Lipinski definition) is 0. The normalized spacial score (nSPS) is 10.3. The lowest BCUT2D eigenvalue weighted by atomic mass is 10.1. The maximum absolute atomic E-state index is 11.8. The third-order valence-electron chi connectivity index (χ3n) is 2.32. The van der Waals surface area contributed by atoms with Crippen LogP contribution in [0.25, 0.3) is 0 Å². The van der Waals surface area contributed by atoms with Crippen molar-refractivity contribution < 1.29 is 23.8 Å². The molecule has 0 N–H and O–H groups in total. The Bertz CT molecular complexity index is 491. The summed E-state index contributed by atoms with van der Waals surface area (Å²) in [6.07, 6.45) is 2.23. The molecule has 0 heterocycles. The minimum absolute atomic E-state index is 0.313. The fourth-order valence-electron chi connectivity index (χ4n) is 1.40. The van der Waals surface area contributed by atoms with Crippen molar-refractivity contribution in [2.45, 2.75) is 6.92 Å². The molecule has 19 heavy (non-hydrogen) atoms. The van der Waals surface area contributed by atoms with Crippen LogP contribution < -0.4 is 9.47 Å². The quantitative estimate of drug-likeness (QED) is 0.447. The van der Waals surface area contributed by atoms with Gasteiger partial charge in [0.1, 0.15) is 0 Å². The van der Waals surface area contributed by atoms with Crippen molar-refractivity contribution in [2.24, 2.45) is 0 Å². The Hall–Kier alpha value is -2.30. The Morgan fingerprint density at radius 1 is 1.16 bits per heavy atom. The van der Waals surface area contributed by atoms with E-state index in [1.54, 1.807) is 18.2 Å². The fraction of sp³-hybridized carbons (Fsp3) is 0.286. The maximum atomic E-state index is 11.8. The molecule has 0 saturated heterocycles.